The lowest BCUT2D eigenvalue weighted by molar-refractivity contribution is -0.0860. The highest BCUT2D eigenvalue weighted by Crippen LogP contribution is 2.61. The number of rotatable bonds is 2. The number of benzene rings is 1. The summed E-state index contributed by atoms with van der Waals surface area (Å²) in [5.74, 6) is 2.75. The van der Waals surface area contributed by atoms with E-state index in [9.17, 15) is 5.11 Å². The molecule has 0 saturated heterocycles. The second kappa shape index (κ2) is 5.51. The van der Waals surface area contributed by atoms with Crippen molar-refractivity contribution in [3.63, 3.8) is 0 Å². The predicted molar refractivity (Wildman–Crippen MR) is 92.7 cm³/mol. The molecule has 1 aromatic carbocycles. The Balaban J connectivity index is 1.62. The fourth-order valence-electron chi connectivity index (χ4n) is 6.07. The number of ether oxygens (including phenoxy) is 1. The third-order valence-electron chi connectivity index (χ3n) is 7.06. The molecule has 0 aliphatic heterocycles. The summed E-state index contributed by atoms with van der Waals surface area (Å²) < 4.78 is 6.32. The average molecular weight is 314 g/mol. The monoisotopic (exact) mass is 314 g/mol. The molecule has 2 saturated carbocycles. The highest BCUT2D eigenvalue weighted by atomic mass is 16.5. The molecular weight excluding hydrogens is 284 g/mol. The Bertz CT molecular complexity index is 594. The summed E-state index contributed by atoms with van der Waals surface area (Å²) in [7, 11) is 0. The molecule has 1 N–H and O–H groups in total. The average Bonchev–Trinajstić information content (AvgIpc) is 2.83. The Morgan fingerprint density at radius 1 is 1.17 bits per heavy atom. The highest BCUT2D eigenvalue weighted by Gasteiger charge is 2.55. The summed E-state index contributed by atoms with van der Waals surface area (Å²) in [6.07, 6.45) is 8.36. The van der Waals surface area contributed by atoms with Crippen LogP contribution in [0.1, 0.15) is 69.9 Å². The second-order valence-electron chi connectivity index (χ2n) is 8.59. The fraction of sp³-hybridized carbons (Fsp3) is 0.714. The highest BCUT2D eigenvalue weighted by molar-refractivity contribution is 5.40. The van der Waals surface area contributed by atoms with Crippen LogP contribution in [0.3, 0.4) is 0 Å². The zero-order chi connectivity index (χ0) is 16.2. The van der Waals surface area contributed by atoms with Crippen LogP contribution in [-0.2, 0) is 11.2 Å². The quantitative estimate of drug-likeness (QED) is 0.828. The topological polar surface area (TPSA) is 29.5 Å². The number of fused-ring (bicyclic) bond motifs is 5. The van der Waals surface area contributed by atoms with Crippen molar-refractivity contribution >= 4 is 0 Å². The molecule has 3 aliphatic rings. The molecule has 2 nitrogen and oxygen atoms in total. The van der Waals surface area contributed by atoms with Crippen molar-refractivity contribution < 1.29 is 9.84 Å². The smallest absolute Gasteiger partial charge is 0.115 e. The van der Waals surface area contributed by atoms with Crippen molar-refractivity contribution in [3.8, 4) is 5.75 Å². The molecule has 2 fully saturated rings. The van der Waals surface area contributed by atoms with Gasteiger partial charge in [-0.1, -0.05) is 13.0 Å². The van der Waals surface area contributed by atoms with Crippen LogP contribution < -0.4 is 0 Å². The maximum atomic E-state index is 9.78. The minimum atomic E-state index is 0.336. The molecule has 0 amide bonds. The van der Waals surface area contributed by atoms with Gasteiger partial charge in [-0.3, -0.25) is 0 Å². The largest absolute Gasteiger partial charge is 0.508 e. The summed E-state index contributed by atoms with van der Waals surface area (Å²) in [5.41, 5.74) is 3.29. The first-order valence-corrected chi connectivity index (χ1v) is 9.46. The van der Waals surface area contributed by atoms with Gasteiger partial charge in [-0.2, -0.15) is 0 Å². The molecule has 3 aliphatic carbocycles. The van der Waals surface area contributed by atoms with Gasteiger partial charge in [0.15, 0.2) is 0 Å². The second-order valence-corrected chi connectivity index (χ2v) is 8.59. The van der Waals surface area contributed by atoms with Crippen molar-refractivity contribution in [2.24, 2.45) is 17.3 Å². The number of phenols is 1. The van der Waals surface area contributed by atoms with Gasteiger partial charge >= 0.3 is 0 Å². The summed E-state index contributed by atoms with van der Waals surface area (Å²) in [6.45, 7) is 6.84. The SMILES string of the molecule is CC(C)OC1CCC2C3CCc4cc(O)ccc4C3CCC12C. The van der Waals surface area contributed by atoms with E-state index in [0.29, 0.717) is 29.3 Å². The zero-order valence-electron chi connectivity index (χ0n) is 14.7. The molecule has 0 radical (unpaired) electrons. The minimum absolute atomic E-state index is 0.336. The molecule has 1 aromatic rings. The van der Waals surface area contributed by atoms with Crippen LogP contribution in [0.4, 0.5) is 0 Å². The number of hydrogen-bond acceptors (Lipinski definition) is 2. The van der Waals surface area contributed by atoms with Crippen LogP contribution in [0.5, 0.6) is 5.75 Å². The van der Waals surface area contributed by atoms with Crippen LogP contribution in [0, 0.1) is 17.3 Å². The number of hydrogen-bond donors (Lipinski definition) is 1. The Morgan fingerprint density at radius 2 is 2.00 bits per heavy atom. The van der Waals surface area contributed by atoms with Crippen LogP contribution in [0.15, 0.2) is 18.2 Å². The molecule has 0 heterocycles. The Hall–Kier alpha value is -1.02. The van der Waals surface area contributed by atoms with E-state index in [1.807, 2.05) is 12.1 Å². The summed E-state index contributed by atoms with van der Waals surface area (Å²) in [6, 6.07) is 6.08. The van der Waals surface area contributed by atoms with E-state index in [0.717, 1.165) is 18.3 Å². The van der Waals surface area contributed by atoms with Crippen molar-refractivity contribution in [1.29, 1.82) is 0 Å². The molecular formula is C21H30O2. The molecule has 2 heteroatoms. The van der Waals surface area contributed by atoms with E-state index < -0.39 is 0 Å². The summed E-state index contributed by atoms with van der Waals surface area (Å²) >= 11 is 0. The number of phenolic OH excluding ortho intramolecular Hbond substituents is 1. The number of aryl methyl sites for hydroxylation is 1. The first-order valence-electron chi connectivity index (χ1n) is 9.46. The van der Waals surface area contributed by atoms with Crippen molar-refractivity contribution in [1.82, 2.24) is 0 Å². The maximum absolute atomic E-state index is 9.78. The summed E-state index contributed by atoms with van der Waals surface area (Å²) in [5, 5.41) is 9.78. The maximum Gasteiger partial charge on any atom is 0.115 e. The first kappa shape index (κ1) is 15.5. The van der Waals surface area contributed by atoms with Gasteiger partial charge in [0.1, 0.15) is 5.75 Å². The Morgan fingerprint density at radius 3 is 2.78 bits per heavy atom. The molecule has 0 spiro atoms. The van der Waals surface area contributed by atoms with E-state index in [1.165, 1.54) is 43.2 Å². The van der Waals surface area contributed by atoms with Crippen LogP contribution >= 0.6 is 0 Å². The van der Waals surface area contributed by atoms with E-state index in [1.54, 1.807) is 0 Å². The normalized spacial score (nSPS) is 39.0. The molecule has 5 atom stereocenters. The summed E-state index contributed by atoms with van der Waals surface area (Å²) in [4.78, 5) is 0. The lowest BCUT2D eigenvalue weighted by Gasteiger charge is -2.51. The van der Waals surface area contributed by atoms with E-state index in [-0.39, 0.29) is 0 Å². The minimum Gasteiger partial charge on any atom is -0.508 e. The molecule has 4 rings (SSSR count). The molecule has 5 unspecified atom stereocenters. The van der Waals surface area contributed by atoms with Crippen molar-refractivity contribution in [3.05, 3.63) is 29.3 Å². The van der Waals surface area contributed by atoms with Crippen LogP contribution in [0.25, 0.3) is 0 Å². The molecule has 0 aromatic heterocycles. The van der Waals surface area contributed by atoms with Gasteiger partial charge in [-0.05, 0) is 98.8 Å². The van der Waals surface area contributed by atoms with Gasteiger partial charge in [-0.25, -0.2) is 0 Å². The van der Waals surface area contributed by atoms with Gasteiger partial charge in [0.05, 0.1) is 12.2 Å². The van der Waals surface area contributed by atoms with Gasteiger partial charge in [0.25, 0.3) is 0 Å². The van der Waals surface area contributed by atoms with Gasteiger partial charge < -0.3 is 9.84 Å². The van der Waals surface area contributed by atoms with E-state index in [4.69, 9.17) is 4.74 Å². The van der Waals surface area contributed by atoms with Crippen LogP contribution in [0.2, 0.25) is 0 Å². The lowest BCUT2D eigenvalue weighted by atomic mass is 9.55. The van der Waals surface area contributed by atoms with Crippen LogP contribution in [-0.4, -0.2) is 17.3 Å². The van der Waals surface area contributed by atoms with Crippen molar-refractivity contribution in [2.75, 3.05) is 0 Å². The lowest BCUT2D eigenvalue weighted by Crippen LogP contribution is -2.45. The zero-order valence-corrected chi connectivity index (χ0v) is 14.7. The Kier molecular flexibility index (Phi) is 3.72. The Labute approximate surface area is 140 Å². The molecule has 23 heavy (non-hydrogen) atoms. The van der Waals surface area contributed by atoms with Crippen molar-refractivity contribution in [2.45, 2.75) is 77.4 Å². The standard InChI is InChI=1S/C21H30O2/c1-13(2)23-20-9-8-19-18-6-4-14-12-15(22)5-7-16(14)17(18)10-11-21(19,20)3/h5,7,12-13,17-20,22H,4,6,8-11H2,1-3H3. The molecule has 126 valence electrons. The van der Waals surface area contributed by atoms with Gasteiger partial charge in [0, 0.05) is 0 Å². The number of aromatic hydroxyl groups is 1. The third-order valence-corrected chi connectivity index (χ3v) is 7.06. The van der Waals surface area contributed by atoms with Gasteiger partial charge in [0.2, 0.25) is 0 Å². The first-order chi connectivity index (χ1) is 11.0. The predicted octanol–water partition coefficient (Wildman–Crippen LogP) is 5.04. The molecule has 0 bridgehead atoms. The van der Waals surface area contributed by atoms with E-state index >= 15 is 0 Å². The van der Waals surface area contributed by atoms with Gasteiger partial charge in [-0.15, -0.1) is 0 Å². The third kappa shape index (κ3) is 2.41. The van der Waals surface area contributed by atoms with E-state index in [2.05, 4.69) is 26.8 Å². The fourth-order valence-corrected chi connectivity index (χ4v) is 6.07.